The molecule has 4 rings (SSSR count). The van der Waals surface area contributed by atoms with E-state index in [2.05, 4.69) is 24.5 Å². The van der Waals surface area contributed by atoms with Crippen LogP contribution in [0.1, 0.15) is 31.9 Å². The maximum absolute atomic E-state index is 6.13. The van der Waals surface area contributed by atoms with Gasteiger partial charge in [-0.2, -0.15) is 0 Å². The predicted octanol–water partition coefficient (Wildman–Crippen LogP) is 4.01. The summed E-state index contributed by atoms with van der Waals surface area (Å²) in [6.07, 6.45) is 0.787. The second kappa shape index (κ2) is 6.81. The summed E-state index contributed by atoms with van der Waals surface area (Å²) in [4.78, 5) is 0. The summed E-state index contributed by atoms with van der Waals surface area (Å²) < 4.78 is 22.2. The Bertz CT molecular complexity index is 884. The standard InChI is InChI=1S/C20H22N2O4S/c1-20(2)10-15(14-6-5-13(23-3)9-17(14)26-20)22-19(27)21-12-4-7-16-18(8-12)25-11-24-16/h4-9,15H,10-11H2,1-3H3,(H2,21,22,27)/t15-/m1/s1. The van der Waals surface area contributed by atoms with Gasteiger partial charge in [0.2, 0.25) is 6.79 Å². The number of thiocarbonyl (C=S) groups is 1. The average Bonchev–Trinajstić information content (AvgIpc) is 3.07. The van der Waals surface area contributed by atoms with Crippen molar-refractivity contribution in [2.75, 3.05) is 19.2 Å². The first kappa shape index (κ1) is 17.7. The van der Waals surface area contributed by atoms with E-state index >= 15 is 0 Å². The molecule has 7 heteroatoms. The van der Waals surface area contributed by atoms with Gasteiger partial charge in [-0.1, -0.05) is 0 Å². The molecular formula is C20H22N2O4S. The van der Waals surface area contributed by atoms with Crippen molar-refractivity contribution in [3.05, 3.63) is 42.0 Å². The van der Waals surface area contributed by atoms with Gasteiger partial charge in [0.1, 0.15) is 17.1 Å². The van der Waals surface area contributed by atoms with Gasteiger partial charge in [-0.05, 0) is 50.3 Å². The van der Waals surface area contributed by atoms with Gasteiger partial charge in [-0.15, -0.1) is 0 Å². The molecule has 0 fully saturated rings. The van der Waals surface area contributed by atoms with Crippen molar-refractivity contribution in [3.8, 4) is 23.0 Å². The molecule has 0 amide bonds. The van der Waals surface area contributed by atoms with Crippen molar-refractivity contribution in [3.63, 3.8) is 0 Å². The quantitative estimate of drug-likeness (QED) is 0.773. The van der Waals surface area contributed by atoms with Gasteiger partial charge < -0.3 is 29.6 Å². The van der Waals surface area contributed by atoms with E-state index in [0.717, 1.165) is 34.9 Å². The summed E-state index contributed by atoms with van der Waals surface area (Å²) >= 11 is 5.54. The first-order valence-corrected chi connectivity index (χ1v) is 9.18. The highest BCUT2D eigenvalue weighted by Gasteiger charge is 2.34. The van der Waals surface area contributed by atoms with E-state index in [1.54, 1.807) is 7.11 Å². The van der Waals surface area contributed by atoms with Gasteiger partial charge in [0, 0.05) is 29.8 Å². The SMILES string of the molecule is COc1ccc2c(c1)OC(C)(C)C[C@H]2NC(=S)Nc1ccc2c(c1)OCO2. The molecule has 2 N–H and O–H groups in total. The van der Waals surface area contributed by atoms with Gasteiger partial charge in [0.05, 0.1) is 13.2 Å². The van der Waals surface area contributed by atoms with E-state index in [1.807, 2.05) is 36.4 Å². The molecule has 6 nitrogen and oxygen atoms in total. The normalized spacial score (nSPS) is 18.9. The number of hydrogen-bond donors (Lipinski definition) is 2. The minimum atomic E-state index is -0.314. The molecular weight excluding hydrogens is 364 g/mol. The first-order valence-electron chi connectivity index (χ1n) is 8.78. The molecule has 0 unspecified atom stereocenters. The van der Waals surface area contributed by atoms with E-state index in [0.29, 0.717) is 10.9 Å². The molecule has 0 bridgehead atoms. The second-order valence-corrected chi connectivity index (χ2v) is 7.60. The average molecular weight is 386 g/mol. The van der Waals surface area contributed by atoms with E-state index in [9.17, 15) is 0 Å². The minimum Gasteiger partial charge on any atom is -0.497 e. The molecule has 0 radical (unpaired) electrons. The Kier molecular flexibility index (Phi) is 4.47. The molecule has 2 aliphatic rings. The van der Waals surface area contributed by atoms with E-state index < -0.39 is 0 Å². The Morgan fingerprint density at radius 1 is 1.11 bits per heavy atom. The fraction of sp³-hybridized carbons (Fsp3) is 0.350. The van der Waals surface area contributed by atoms with Gasteiger partial charge in [0.15, 0.2) is 16.6 Å². The van der Waals surface area contributed by atoms with Crippen LogP contribution in [0.4, 0.5) is 5.69 Å². The van der Waals surface area contributed by atoms with Crippen LogP contribution in [0.15, 0.2) is 36.4 Å². The molecule has 0 saturated heterocycles. The molecule has 1 atom stereocenters. The van der Waals surface area contributed by atoms with Crippen molar-refractivity contribution in [2.45, 2.75) is 31.9 Å². The zero-order valence-corrected chi connectivity index (χ0v) is 16.3. The summed E-state index contributed by atoms with van der Waals surface area (Å²) in [6.45, 7) is 4.38. The number of ether oxygens (including phenoxy) is 4. The fourth-order valence-corrected chi connectivity index (χ4v) is 3.65. The number of benzene rings is 2. The Labute approximate surface area is 163 Å². The van der Waals surface area contributed by atoms with E-state index in [1.165, 1.54) is 0 Å². The molecule has 2 heterocycles. The molecule has 27 heavy (non-hydrogen) atoms. The molecule has 2 aromatic carbocycles. The van der Waals surface area contributed by atoms with Gasteiger partial charge in [-0.25, -0.2) is 0 Å². The highest BCUT2D eigenvalue weighted by Crippen LogP contribution is 2.41. The summed E-state index contributed by atoms with van der Waals surface area (Å²) in [6, 6.07) is 11.6. The molecule has 0 spiro atoms. The Balaban J connectivity index is 1.51. The van der Waals surface area contributed by atoms with Crippen molar-refractivity contribution in [1.29, 1.82) is 0 Å². The fourth-order valence-electron chi connectivity index (χ4n) is 3.39. The van der Waals surface area contributed by atoms with Crippen LogP contribution >= 0.6 is 12.2 Å². The lowest BCUT2D eigenvalue weighted by Crippen LogP contribution is -2.42. The molecule has 2 aliphatic heterocycles. The van der Waals surface area contributed by atoms with E-state index in [4.69, 9.17) is 31.2 Å². The lowest BCUT2D eigenvalue weighted by molar-refractivity contribution is 0.0693. The van der Waals surface area contributed by atoms with Crippen LogP contribution in [-0.4, -0.2) is 24.6 Å². The second-order valence-electron chi connectivity index (χ2n) is 7.19. The Morgan fingerprint density at radius 3 is 2.74 bits per heavy atom. The highest BCUT2D eigenvalue weighted by atomic mass is 32.1. The molecule has 0 aromatic heterocycles. The van der Waals surface area contributed by atoms with Crippen LogP contribution in [0.5, 0.6) is 23.0 Å². The third-order valence-corrected chi connectivity index (χ3v) is 4.83. The molecule has 2 aromatic rings. The number of anilines is 1. The maximum atomic E-state index is 6.13. The third-order valence-electron chi connectivity index (χ3n) is 4.61. The topological polar surface area (TPSA) is 61.0 Å². The van der Waals surface area contributed by atoms with Crippen LogP contribution in [0.3, 0.4) is 0 Å². The zero-order valence-electron chi connectivity index (χ0n) is 15.5. The van der Waals surface area contributed by atoms with Crippen molar-refractivity contribution >= 4 is 23.0 Å². The van der Waals surface area contributed by atoms with Crippen LogP contribution < -0.4 is 29.6 Å². The third kappa shape index (κ3) is 3.73. The summed E-state index contributed by atoms with van der Waals surface area (Å²) in [5, 5.41) is 7.17. The smallest absolute Gasteiger partial charge is 0.231 e. The van der Waals surface area contributed by atoms with Crippen LogP contribution in [0, 0.1) is 0 Å². The first-order chi connectivity index (χ1) is 12.9. The van der Waals surface area contributed by atoms with Crippen molar-refractivity contribution in [2.24, 2.45) is 0 Å². The Hall–Kier alpha value is -2.67. The van der Waals surface area contributed by atoms with E-state index in [-0.39, 0.29) is 18.4 Å². The van der Waals surface area contributed by atoms with Crippen LogP contribution in [-0.2, 0) is 0 Å². The largest absolute Gasteiger partial charge is 0.497 e. The summed E-state index contributed by atoms with van der Waals surface area (Å²) in [7, 11) is 1.65. The molecule has 142 valence electrons. The lowest BCUT2D eigenvalue weighted by Gasteiger charge is -2.38. The summed E-state index contributed by atoms with van der Waals surface area (Å²) in [5.41, 5.74) is 1.59. The molecule has 0 saturated carbocycles. The monoisotopic (exact) mass is 386 g/mol. The van der Waals surface area contributed by atoms with Gasteiger partial charge in [-0.3, -0.25) is 0 Å². The van der Waals surface area contributed by atoms with Crippen LogP contribution in [0.25, 0.3) is 0 Å². The van der Waals surface area contributed by atoms with Gasteiger partial charge in [0.25, 0.3) is 0 Å². The number of rotatable bonds is 3. The van der Waals surface area contributed by atoms with Crippen molar-refractivity contribution < 1.29 is 18.9 Å². The maximum Gasteiger partial charge on any atom is 0.231 e. The van der Waals surface area contributed by atoms with Crippen molar-refractivity contribution in [1.82, 2.24) is 5.32 Å². The number of fused-ring (bicyclic) bond motifs is 2. The highest BCUT2D eigenvalue weighted by molar-refractivity contribution is 7.80. The van der Waals surface area contributed by atoms with Gasteiger partial charge >= 0.3 is 0 Å². The predicted molar refractivity (Wildman–Crippen MR) is 107 cm³/mol. The Morgan fingerprint density at radius 2 is 1.93 bits per heavy atom. The number of hydrogen-bond acceptors (Lipinski definition) is 5. The summed E-state index contributed by atoms with van der Waals surface area (Å²) in [5.74, 6) is 3.04. The zero-order chi connectivity index (χ0) is 19.0. The number of methoxy groups -OCH3 is 1. The van der Waals surface area contributed by atoms with Crippen LogP contribution in [0.2, 0.25) is 0 Å². The lowest BCUT2D eigenvalue weighted by atomic mass is 9.89. The minimum absolute atomic E-state index is 0.0312. The number of nitrogens with one attached hydrogen (secondary N) is 2. The molecule has 0 aliphatic carbocycles.